The van der Waals surface area contributed by atoms with Crippen molar-refractivity contribution >= 4 is 0 Å². The lowest BCUT2D eigenvalue weighted by Gasteiger charge is -2.13. The molecule has 4 heteroatoms. The maximum absolute atomic E-state index is 13.5. The monoisotopic (exact) mass is 226 g/mol. The molecule has 0 radical (unpaired) electrons. The molecule has 0 aliphatic rings. The van der Waals surface area contributed by atoms with Gasteiger partial charge < -0.3 is 15.4 Å². The molecule has 0 saturated carbocycles. The topological polar surface area (TPSA) is 33.3 Å². The van der Waals surface area contributed by atoms with Crippen molar-refractivity contribution in [1.82, 2.24) is 10.6 Å². The highest BCUT2D eigenvalue weighted by molar-refractivity contribution is 5.28. The molecular formula is C12H19FN2O. The van der Waals surface area contributed by atoms with Crippen LogP contribution in [0.2, 0.25) is 0 Å². The molecule has 1 aromatic rings. The van der Waals surface area contributed by atoms with Gasteiger partial charge in [0.05, 0.1) is 7.11 Å². The number of benzene rings is 1. The molecule has 0 aromatic heterocycles. The standard InChI is InChI=1S/C12H19FN2O/c1-9(7-14-2)15-8-10-4-5-11(16-3)6-12(10)13/h4-6,9,14-15H,7-8H2,1-3H3. The van der Waals surface area contributed by atoms with Crippen LogP contribution in [0.25, 0.3) is 0 Å². The predicted molar refractivity (Wildman–Crippen MR) is 63.2 cm³/mol. The summed E-state index contributed by atoms with van der Waals surface area (Å²) in [5.41, 5.74) is 0.656. The minimum atomic E-state index is -0.233. The first-order valence-electron chi connectivity index (χ1n) is 5.37. The number of nitrogens with one attached hydrogen (secondary N) is 2. The van der Waals surface area contributed by atoms with Crippen LogP contribution in [-0.2, 0) is 6.54 Å². The Balaban J connectivity index is 2.54. The summed E-state index contributed by atoms with van der Waals surface area (Å²) in [6.45, 7) is 3.44. The molecule has 0 fully saturated rings. The predicted octanol–water partition coefficient (Wildman–Crippen LogP) is 1.53. The van der Waals surface area contributed by atoms with Crippen LogP contribution >= 0.6 is 0 Å². The highest BCUT2D eigenvalue weighted by Gasteiger charge is 2.05. The Morgan fingerprint density at radius 2 is 2.19 bits per heavy atom. The molecule has 1 aromatic carbocycles. The van der Waals surface area contributed by atoms with E-state index < -0.39 is 0 Å². The van der Waals surface area contributed by atoms with E-state index in [0.29, 0.717) is 23.9 Å². The second-order valence-electron chi connectivity index (χ2n) is 3.80. The van der Waals surface area contributed by atoms with Gasteiger partial charge in [-0.05, 0) is 20.0 Å². The summed E-state index contributed by atoms with van der Waals surface area (Å²) in [5, 5.41) is 6.30. The zero-order chi connectivity index (χ0) is 12.0. The molecule has 0 bridgehead atoms. The molecule has 0 aliphatic carbocycles. The fourth-order valence-electron chi connectivity index (χ4n) is 1.46. The van der Waals surface area contributed by atoms with Crippen LogP contribution in [0, 0.1) is 5.82 Å². The van der Waals surface area contributed by atoms with Crippen molar-refractivity contribution < 1.29 is 9.13 Å². The number of hydrogen-bond acceptors (Lipinski definition) is 3. The van der Waals surface area contributed by atoms with E-state index in [1.54, 1.807) is 12.1 Å². The number of hydrogen-bond donors (Lipinski definition) is 2. The maximum Gasteiger partial charge on any atom is 0.131 e. The Bertz CT molecular complexity index is 331. The van der Waals surface area contributed by atoms with E-state index >= 15 is 0 Å². The van der Waals surface area contributed by atoms with Gasteiger partial charge >= 0.3 is 0 Å². The molecule has 0 heterocycles. The Labute approximate surface area is 96.0 Å². The molecule has 3 nitrogen and oxygen atoms in total. The van der Waals surface area contributed by atoms with E-state index in [0.717, 1.165) is 6.54 Å². The minimum absolute atomic E-state index is 0.233. The van der Waals surface area contributed by atoms with Gasteiger partial charge in [-0.3, -0.25) is 0 Å². The Morgan fingerprint density at radius 1 is 1.44 bits per heavy atom. The smallest absolute Gasteiger partial charge is 0.131 e. The molecule has 16 heavy (non-hydrogen) atoms. The van der Waals surface area contributed by atoms with Crippen molar-refractivity contribution in [3.05, 3.63) is 29.6 Å². The average Bonchev–Trinajstić information content (AvgIpc) is 2.27. The number of rotatable bonds is 6. The van der Waals surface area contributed by atoms with E-state index in [9.17, 15) is 4.39 Å². The third kappa shape index (κ3) is 3.79. The Morgan fingerprint density at radius 3 is 2.75 bits per heavy atom. The zero-order valence-corrected chi connectivity index (χ0v) is 10.0. The molecule has 0 saturated heterocycles. The lowest BCUT2D eigenvalue weighted by Crippen LogP contribution is -2.34. The molecular weight excluding hydrogens is 207 g/mol. The van der Waals surface area contributed by atoms with Gasteiger partial charge in [-0.15, -0.1) is 0 Å². The quantitative estimate of drug-likeness (QED) is 0.772. The molecule has 0 amide bonds. The van der Waals surface area contributed by atoms with Gasteiger partial charge in [-0.25, -0.2) is 4.39 Å². The molecule has 2 N–H and O–H groups in total. The van der Waals surface area contributed by atoms with Crippen molar-refractivity contribution in [2.75, 3.05) is 20.7 Å². The second kappa shape index (κ2) is 6.45. The summed E-state index contributed by atoms with van der Waals surface area (Å²) < 4.78 is 18.5. The van der Waals surface area contributed by atoms with Gasteiger partial charge in [0.2, 0.25) is 0 Å². The third-order valence-electron chi connectivity index (χ3n) is 2.41. The first-order valence-corrected chi connectivity index (χ1v) is 5.37. The number of likely N-dealkylation sites (N-methyl/N-ethyl adjacent to an activating group) is 1. The Hall–Kier alpha value is -1.13. The molecule has 1 rings (SSSR count). The van der Waals surface area contributed by atoms with Crippen molar-refractivity contribution in [2.45, 2.75) is 19.5 Å². The van der Waals surface area contributed by atoms with Gasteiger partial charge in [0.15, 0.2) is 0 Å². The molecule has 1 unspecified atom stereocenters. The third-order valence-corrected chi connectivity index (χ3v) is 2.41. The van der Waals surface area contributed by atoms with Crippen molar-refractivity contribution in [3.63, 3.8) is 0 Å². The van der Waals surface area contributed by atoms with Gasteiger partial charge in [0, 0.05) is 30.8 Å². The number of methoxy groups -OCH3 is 1. The summed E-state index contributed by atoms with van der Waals surface area (Å²) in [6, 6.07) is 5.22. The molecule has 0 aliphatic heterocycles. The zero-order valence-electron chi connectivity index (χ0n) is 10.0. The van der Waals surface area contributed by atoms with Crippen LogP contribution < -0.4 is 15.4 Å². The lowest BCUT2D eigenvalue weighted by molar-refractivity contribution is 0.410. The molecule has 1 atom stereocenters. The Kier molecular flexibility index (Phi) is 5.22. The highest BCUT2D eigenvalue weighted by Crippen LogP contribution is 2.15. The number of halogens is 1. The van der Waals surface area contributed by atoms with Crippen molar-refractivity contribution in [1.29, 1.82) is 0 Å². The minimum Gasteiger partial charge on any atom is -0.497 e. The van der Waals surface area contributed by atoms with Crippen LogP contribution in [0.4, 0.5) is 4.39 Å². The van der Waals surface area contributed by atoms with Crippen LogP contribution in [0.5, 0.6) is 5.75 Å². The lowest BCUT2D eigenvalue weighted by atomic mass is 10.2. The normalized spacial score (nSPS) is 12.5. The van der Waals surface area contributed by atoms with Crippen LogP contribution in [-0.4, -0.2) is 26.7 Å². The number of ether oxygens (including phenoxy) is 1. The summed E-state index contributed by atoms with van der Waals surface area (Å²) in [7, 11) is 3.42. The fourth-order valence-corrected chi connectivity index (χ4v) is 1.46. The van der Waals surface area contributed by atoms with E-state index in [2.05, 4.69) is 17.6 Å². The fraction of sp³-hybridized carbons (Fsp3) is 0.500. The summed E-state index contributed by atoms with van der Waals surface area (Å²) >= 11 is 0. The van der Waals surface area contributed by atoms with E-state index in [1.807, 2.05) is 7.05 Å². The average molecular weight is 226 g/mol. The summed E-state index contributed by atoms with van der Waals surface area (Å²) in [6.07, 6.45) is 0. The van der Waals surface area contributed by atoms with E-state index in [4.69, 9.17) is 4.74 Å². The van der Waals surface area contributed by atoms with Gasteiger partial charge in [0.25, 0.3) is 0 Å². The van der Waals surface area contributed by atoms with Gasteiger partial charge in [0.1, 0.15) is 11.6 Å². The SMILES string of the molecule is CNCC(C)NCc1ccc(OC)cc1F. The van der Waals surface area contributed by atoms with Crippen molar-refractivity contribution in [2.24, 2.45) is 0 Å². The second-order valence-corrected chi connectivity index (χ2v) is 3.80. The highest BCUT2D eigenvalue weighted by atomic mass is 19.1. The maximum atomic E-state index is 13.5. The molecule has 0 spiro atoms. The summed E-state index contributed by atoms with van der Waals surface area (Å²) in [5.74, 6) is 0.313. The van der Waals surface area contributed by atoms with Crippen molar-refractivity contribution in [3.8, 4) is 5.75 Å². The first-order chi connectivity index (χ1) is 7.67. The van der Waals surface area contributed by atoms with Crippen LogP contribution in [0.15, 0.2) is 18.2 Å². The van der Waals surface area contributed by atoms with Crippen LogP contribution in [0.3, 0.4) is 0 Å². The largest absolute Gasteiger partial charge is 0.497 e. The van der Waals surface area contributed by atoms with Gasteiger partial charge in [-0.2, -0.15) is 0 Å². The van der Waals surface area contributed by atoms with Gasteiger partial charge in [-0.1, -0.05) is 6.07 Å². The van der Waals surface area contributed by atoms with E-state index in [1.165, 1.54) is 13.2 Å². The van der Waals surface area contributed by atoms with E-state index in [-0.39, 0.29) is 5.82 Å². The first kappa shape index (κ1) is 12.9. The van der Waals surface area contributed by atoms with Crippen LogP contribution in [0.1, 0.15) is 12.5 Å². The molecule has 90 valence electrons. The summed E-state index contributed by atoms with van der Waals surface area (Å²) in [4.78, 5) is 0.